The highest BCUT2D eigenvalue weighted by Crippen LogP contribution is 2.39. The van der Waals surface area contributed by atoms with E-state index in [-0.39, 0.29) is 0 Å². The van der Waals surface area contributed by atoms with Gasteiger partial charge in [0.05, 0.1) is 24.9 Å². The fourth-order valence-corrected chi connectivity index (χ4v) is 2.26. The first-order chi connectivity index (χ1) is 6.99. The third-order valence-electron chi connectivity index (χ3n) is 3.89. The van der Waals surface area contributed by atoms with Crippen LogP contribution >= 0.6 is 0 Å². The summed E-state index contributed by atoms with van der Waals surface area (Å²) in [6, 6.07) is 0.476. The predicted molar refractivity (Wildman–Crippen MR) is 59.8 cm³/mol. The highest BCUT2D eigenvalue weighted by atomic mass is 16.5. The predicted octanol–water partition coefficient (Wildman–Crippen LogP) is 1.31. The van der Waals surface area contributed by atoms with E-state index in [9.17, 15) is 5.11 Å². The lowest BCUT2D eigenvalue weighted by Crippen LogP contribution is -2.53. The van der Waals surface area contributed by atoms with Gasteiger partial charge in [-0.15, -0.1) is 0 Å². The second-order valence-corrected chi connectivity index (χ2v) is 6.00. The third kappa shape index (κ3) is 2.92. The van der Waals surface area contributed by atoms with Crippen LogP contribution in [0.2, 0.25) is 0 Å². The Balaban J connectivity index is 1.75. The van der Waals surface area contributed by atoms with E-state index in [2.05, 4.69) is 19.2 Å². The summed E-state index contributed by atoms with van der Waals surface area (Å²) in [6.45, 7) is 6.93. The summed E-state index contributed by atoms with van der Waals surface area (Å²) < 4.78 is 5.10. The number of ether oxygens (including phenoxy) is 1. The molecule has 3 nitrogen and oxygen atoms in total. The van der Waals surface area contributed by atoms with Gasteiger partial charge in [0.2, 0.25) is 0 Å². The van der Waals surface area contributed by atoms with E-state index in [4.69, 9.17) is 4.74 Å². The Morgan fingerprint density at radius 1 is 1.20 bits per heavy atom. The first kappa shape index (κ1) is 11.4. The summed E-state index contributed by atoms with van der Waals surface area (Å²) in [6.07, 6.45) is 4.12. The van der Waals surface area contributed by atoms with Crippen LogP contribution < -0.4 is 5.32 Å². The molecular weight excluding hydrogens is 190 g/mol. The number of hydrogen-bond acceptors (Lipinski definition) is 3. The maximum Gasteiger partial charge on any atom is 0.0772 e. The summed E-state index contributed by atoms with van der Waals surface area (Å²) in [4.78, 5) is 0. The third-order valence-corrected chi connectivity index (χ3v) is 3.89. The van der Waals surface area contributed by atoms with Crippen LogP contribution in [0.25, 0.3) is 0 Å². The summed E-state index contributed by atoms with van der Waals surface area (Å²) in [5.41, 5.74) is -0.0447. The molecule has 1 heterocycles. The summed E-state index contributed by atoms with van der Waals surface area (Å²) in [7, 11) is 0. The van der Waals surface area contributed by atoms with E-state index in [1.807, 2.05) is 0 Å². The molecule has 0 atom stereocenters. The zero-order valence-corrected chi connectivity index (χ0v) is 9.88. The molecule has 15 heavy (non-hydrogen) atoms. The lowest BCUT2D eigenvalue weighted by molar-refractivity contribution is -0.0482. The Labute approximate surface area is 92.2 Å². The fourth-order valence-electron chi connectivity index (χ4n) is 2.26. The molecule has 1 saturated carbocycles. The minimum atomic E-state index is -0.467. The molecule has 2 fully saturated rings. The standard InChI is InChI=1S/C12H23NO2/c1-11(2)3-5-12(14,6-4-11)9-13-10-7-15-8-10/h10,13-14H,3-9H2,1-2H3. The van der Waals surface area contributed by atoms with Crippen molar-refractivity contribution in [2.24, 2.45) is 5.41 Å². The van der Waals surface area contributed by atoms with Gasteiger partial charge in [-0.05, 0) is 31.1 Å². The van der Waals surface area contributed by atoms with Gasteiger partial charge in [0.25, 0.3) is 0 Å². The molecule has 0 bridgehead atoms. The van der Waals surface area contributed by atoms with Gasteiger partial charge in [-0.1, -0.05) is 13.8 Å². The van der Waals surface area contributed by atoms with Gasteiger partial charge >= 0.3 is 0 Å². The van der Waals surface area contributed by atoms with Gasteiger partial charge in [-0.2, -0.15) is 0 Å². The molecule has 0 spiro atoms. The van der Waals surface area contributed by atoms with E-state index >= 15 is 0 Å². The van der Waals surface area contributed by atoms with Crippen molar-refractivity contribution in [3.05, 3.63) is 0 Å². The smallest absolute Gasteiger partial charge is 0.0772 e. The topological polar surface area (TPSA) is 41.5 Å². The second-order valence-electron chi connectivity index (χ2n) is 6.00. The number of nitrogens with one attached hydrogen (secondary N) is 1. The van der Waals surface area contributed by atoms with Gasteiger partial charge in [-0.3, -0.25) is 0 Å². The van der Waals surface area contributed by atoms with Crippen LogP contribution in [-0.2, 0) is 4.74 Å². The molecule has 0 aromatic rings. The maximum absolute atomic E-state index is 10.4. The van der Waals surface area contributed by atoms with Crippen LogP contribution in [0.1, 0.15) is 39.5 Å². The zero-order chi connectivity index (χ0) is 10.9. The Morgan fingerprint density at radius 2 is 1.80 bits per heavy atom. The normalized spacial score (nSPS) is 29.8. The van der Waals surface area contributed by atoms with E-state index in [0.29, 0.717) is 11.5 Å². The van der Waals surface area contributed by atoms with Crippen molar-refractivity contribution in [2.45, 2.75) is 51.2 Å². The van der Waals surface area contributed by atoms with Crippen LogP contribution in [0.5, 0.6) is 0 Å². The molecule has 2 rings (SSSR count). The Kier molecular flexibility index (Phi) is 3.06. The molecule has 0 amide bonds. The zero-order valence-electron chi connectivity index (χ0n) is 9.88. The molecule has 1 aliphatic carbocycles. The van der Waals surface area contributed by atoms with Crippen LogP contribution in [0, 0.1) is 5.41 Å². The lowest BCUT2D eigenvalue weighted by Gasteiger charge is -2.41. The molecule has 1 aliphatic heterocycles. The molecule has 0 unspecified atom stereocenters. The van der Waals surface area contributed by atoms with Crippen LogP contribution in [0.15, 0.2) is 0 Å². The van der Waals surface area contributed by atoms with Crippen molar-refractivity contribution in [1.29, 1.82) is 0 Å². The number of aliphatic hydroxyl groups is 1. The van der Waals surface area contributed by atoms with Gasteiger partial charge in [-0.25, -0.2) is 0 Å². The van der Waals surface area contributed by atoms with Gasteiger partial charge in [0, 0.05) is 6.54 Å². The van der Waals surface area contributed by atoms with Crippen molar-refractivity contribution < 1.29 is 9.84 Å². The number of hydrogen-bond donors (Lipinski definition) is 2. The van der Waals surface area contributed by atoms with E-state index in [1.165, 1.54) is 0 Å². The SMILES string of the molecule is CC1(C)CCC(O)(CNC2COC2)CC1. The Morgan fingerprint density at radius 3 is 2.27 bits per heavy atom. The van der Waals surface area contributed by atoms with Crippen molar-refractivity contribution in [3.63, 3.8) is 0 Å². The van der Waals surface area contributed by atoms with Crippen molar-refractivity contribution in [3.8, 4) is 0 Å². The van der Waals surface area contributed by atoms with Gasteiger partial charge in [0.15, 0.2) is 0 Å². The summed E-state index contributed by atoms with van der Waals surface area (Å²) in [5.74, 6) is 0. The summed E-state index contributed by atoms with van der Waals surface area (Å²) >= 11 is 0. The van der Waals surface area contributed by atoms with E-state index in [1.54, 1.807) is 0 Å². The highest BCUT2D eigenvalue weighted by Gasteiger charge is 2.37. The minimum Gasteiger partial charge on any atom is -0.389 e. The van der Waals surface area contributed by atoms with Crippen LogP contribution in [0.4, 0.5) is 0 Å². The first-order valence-electron chi connectivity index (χ1n) is 6.03. The molecule has 0 radical (unpaired) electrons. The van der Waals surface area contributed by atoms with Gasteiger partial charge in [0.1, 0.15) is 0 Å². The second kappa shape index (κ2) is 4.04. The molecule has 3 heteroatoms. The molecule has 0 aromatic heterocycles. The van der Waals surface area contributed by atoms with Gasteiger partial charge < -0.3 is 15.2 Å². The largest absolute Gasteiger partial charge is 0.389 e. The molecular formula is C12H23NO2. The lowest BCUT2D eigenvalue weighted by atomic mass is 9.71. The molecule has 88 valence electrons. The Hall–Kier alpha value is -0.120. The minimum absolute atomic E-state index is 0.422. The monoisotopic (exact) mass is 213 g/mol. The van der Waals surface area contributed by atoms with Crippen molar-refractivity contribution in [1.82, 2.24) is 5.32 Å². The average Bonchev–Trinajstić information content (AvgIpc) is 2.09. The molecule has 2 aliphatic rings. The van der Waals surface area contributed by atoms with Crippen molar-refractivity contribution >= 4 is 0 Å². The average molecular weight is 213 g/mol. The van der Waals surface area contributed by atoms with Crippen LogP contribution in [-0.4, -0.2) is 36.5 Å². The highest BCUT2D eigenvalue weighted by molar-refractivity contribution is 4.91. The Bertz CT molecular complexity index is 214. The maximum atomic E-state index is 10.4. The molecule has 0 aromatic carbocycles. The fraction of sp³-hybridized carbons (Fsp3) is 1.00. The van der Waals surface area contributed by atoms with Crippen LogP contribution in [0.3, 0.4) is 0 Å². The molecule has 2 N–H and O–H groups in total. The first-order valence-corrected chi connectivity index (χ1v) is 6.03. The summed E-state index contributed by atoms with van der Waals surface area (Å²) in [5, 5.41) is 13.8. The van der Waals surface area contributed by atoms with E-state index < -0.39 is 5.60 Å². The van der Waals surface area contributed by atoms with E-state index in [0.717, 1.165) is 45.4 Å². The quantitative estimate of drug-likeness (QED) is 0.742. The number of rotatable bonds is 3. The van der Waals surface area contributed by atoms with Crippen molar-refractivity contribution in [2.75, 3.05) is 19.8 Å². The molecule has 1 saturated heterocycles.